The minimum absolute atomic E-state index is 0.203. The monoisotopic (exact) mass is 409 g/mol. The van der Waals surface area contributed by atoms with Crippen molar-refractivity contribution < 1.29 is 4.39 Å². The van der Waals surface area contributed by atoms with Crippen LogP contribution in [-0.4, -0.2) is 48.3 Å². The van der Waals surface area contributed by atoms with Crippen LogP contribution in [-0.2, 0) is 0 Å². The maximum Gasteiger partial charge on any atom is 0.223 e. The lowest BCUT2D eigenvalue weighted by Crippen LogP contribution is -2.52. The molecule has 2 aliphatic heterocycles. The van der Waals surface area contributed by atoms with Gasteiger partial charge in [0.15, 0.2) is 0 Å². The number of nitrogens with one attached hydrogen (secondary N) is 1. The van der Waals surface area contributed by atoms with Gasteiger partial charge in [-0.15, -0.1) is 6.58 Å². The number of fused-ring (bicyclic) bond motifs is 1. The first-order chi connectivity index (χ1) is 12.0. The molecule has 3 rings (SSSR count). The second-order valence-electron chi connectivity index (χ2n) is 5.75. The topological polar surface area (TPSA) is 43.2 Å². The average molecular weight is 410 g/mol. The molecule has 1 saturated heterocycles. The van der Waals surface area contributed by atoms with Gasteiger partial charge in [0.1, 0.15) is 5.82 Å². The highest BCUT2D eigenvalue weighted by Crippen LogP contribution is 2.39. The molecule has 136 valence electrons. The maximum atomic E-state index is 14.5. The van der Waals surface area contributed by atoms with Gasteiger partial charge in [-0.05, 0) is 48.8 Å². The predicted octanol–water partition coefficient (Wildman–Crippen LogP) is 4.06. The van der Waals surface area contributed by atoms with Crippen LogP contribution < -0.4 is 5.32 Å². The Morgan fingerprint density at radius 2 is 2.00 bits per heavy atom. The molecule has 5 nitrogen and oxygen atoms in total. The van der Waals surface area contributed by atoms with Crippen LogP contribution >= 0.6 is 15.9 Å². The highest BCUT2D eigenvalue weighted by atomic mass is 79.9. The fourth-order valence-electron chi connectivity index (χ4n) is 2.86. The first kappa shape index (κ1) is 19.6. The molecule has 0 spiro atoms. The molecule has 1 fully saturated rings. The van der Waals surface area contributed by atoms with Gasteiger partial charge in [-0.1, -0.05) is 6.08 Å². The van der Waals surface area contributed by atoms with Crippen LogP contribution in [0.15, 0.2) is 39.4 Å². The standard InChI is InChI=1S/C15H19BrFN5.C3H6/c1-3-19-22-10(2)13-12(5-4-11(16)14(13)17)20-15(22)21-8-6-18-7-9-21;1-3-2/h3-5,10,18H,6-9H2,1-2H3;3H,1H2,2H3/b19-3-;. The van der Waals surface area contributed by atoms with E-state index < -0.39 is 0 Å². The van der Waals surface area contributed by atoms with Crippen molar-refractivity contribution >= 4 is 33.8 Å². The third kappa shape index (κ3) is 4.27. The first-order valence-corrected chi connectivity index (χ1v) is 9.21. The molecular weight excluding hydrogens is 385 g/mol. The fourth-order valence-corrected chi connectivity index (χ4v) is 3.21. The number of aliphatic imine (C=N–C) groups is 1. The lowest BCUT2D eigenvalue weighted by atomic mass is 10.0. The number of hydrogen-bond donors (Lipinski definition) is 1. The third-order valence-corrected chi connectivity index (χ3v) is 4.57. The molecule has 1 N–H and O–H groups in total. The summed E-state index contributed by atoms with van der Waals surface area (Å²) in [6.45, 7) is 12.6. The minimum atomic E-state index is -0.260. The summed E-state index contributed by atoms with van der Waals surface area (Å²) in [5, 5.41) is 9.56. The van der Waals surface area contributed by atoms with Crippen molar-refractivity contribution in [3.63, 3.8) is 0 Å². The second kappa shape index (κ2) is 9.10. The van der Waals surface area contributed by atoms with E-state index in [4.69, 9.17) is 0 Å². The van der Waals surface area contributed by atoms with Gasteiger partial charge in [-0.3, -0.25) is 0 Å². The summed E-state index contributed by atoms with van der Waals surface area (Å²) in [5.74, 6) is 0.533. The highest BCUT2D eigenvalue weighted by molar-refractivity contribution is 9.10. The summed E-state index contributed by atoms with van der Waals surface area (Å²) >= 11 is 3.25. The molecule has 1 atom stereocenters. The van der Waals surface area contributed by atoms with E-state index in [1.807, 2.05) is 31.8 Å². The van der Waals surface area contributed by atoms with E-state index in [1.54, 1.807) is 18.4 Å². The van der Waals surface area contributed by atoms with Crippen molar-refractivity contribution in [2.75, 3.05) is 26.2 Å². The zero-order valence-electron chi connectivity index (χ0n) is 15.0. The zero-order chi connectivity index (χ0) is 18.4. The lowest BCUT2D eigenvalue weighted by molar-refractivity contribution is 0.255. The van der Waals surface area contributed by atoms with E-state index in [0.717, 1.165) is 32.1 Å². The smallest absolute Gasteiger partial charge is 0.223 e. The van der Waals surface area contributed by atoms with Gasteiger partial charge in [0.25, 0.3) is 0 Å². The molecule has 2 heterocycles. The van der Waals surface area contributed by atoms with Crippen LogP contribution in [0.3, 0.4) is 0 Å². The Hall–Kier alpha value is -1.73. The first-order valence-electron chi connectivity index (χ1n) is 8.42. The molecule has 1 aromatic rings. The molecular formula is C18H25BrFN5. The normalized spacial score (nSPS) is 19.9. The van der Waals surface area contributed by atoms with E-state index in [-0.39, 0.29) is 11.9 Å². The van der Waals surface area contributed by atoms with Crippen LogP contribution in [0.2, 0.25) is 0 Å². The number of nitrogens with zero attached hydrogens (tertiary/aromatic N) is 4. The number of piperazine rings is 1. The summed E-state index contributed by atoms with van der Waals surface area (Å²) in [5.41, 5.74) is 1.27. The lowest BCUT2D eigenvalue weighted by Gasteiger charge is -2.39. The molecule has 1 aromatic carbocycles. The Morgan fingerprint density at radius 3 is 2.60 bits per heavy atom. The highest BCUT2D eigenvalue weighted by Gasteiger charge is 2.33. The Balaban J connectivity index is 0.000000701. The number of benzene rings is 1. The molecule has 7 heteroatoms. The van der Waals surface area contributed by atoms with E-state index in [1.165, 1.54) is 0 Å². The molecule has 0 aliphatic carbocycles. The SMILES string of the molecule is C/C=N\N1C(N2CCNCC2)=Nc2ccc(Br)c(F)c2C1C.C=CC. The van der Waals surface area contributed by atoms with Crippen molar-refractivity contribution in [1.82, 2.24) is 15.2 Å². The predicted molar refractivity (Wildman–Crippen MR) is 106 cm³/mol. The number of hydrogen-bond acceptors (Lipinski definition) is 5. The number of allylic oxidation sites excluding steroid dienone is 1. The third-order valence-electron chi connectivity index (χ3n) is 3.96. The van der Waals surface area contributed by atoms with Gasteiger partial charge in [0, 0.05) is 38.0 Å². The Labute approximate surface area is 157 Å². The largest absolute Gasteiger partial charge is 0.338 e. The summed E-state index contributed by atoms with van der Waals surface area (Å²) in [6.07, 6.45) is 3.47. The molecule has 0 amide bonds. The van der Waals surface area contributed by atoms with Crippen LogP contribution in [0.4, 0.5) is 10.1 Å². The number of hydrazone groups is 1. The molecule has 0 aromatic heterocycles. The van der Waals surface area contributed by atoms with Gasteiger partial charge < -0.3 is 10.2 Å². The van der Waals surface area contributed by atoms with Crippen molar-refractivity contribution in [1.29, 1.82) is 0 Å². The maximum absolute atomic E-state index is 14.5. The van der Waals surface area contributed by atoms with E-state index >= 15 is 0 Å². The van der Waals surface area contributed by atoms with Crippen molar-refractivity contribution in [2.24, 2.45) is 10.1 Å². The van der Waals surface area contributed by atoms with Crippen molar-refractivity contribution in [3.05, 3.63) is 40.6 Å². The molecule has 1 unspecified atom stereocenters. The Bertz CT molecular complexity index is 668. The average Bonchev–Trinajstić information content (AvgIpc) is 2.61. The van der Waals surface area contributed by atoms with Crippen molar-refractivity contribution in [2.45, 2.75) is 26.8 Å². The van der Waals surface area contributed by atoms with Gasteiger partial charge in [-0.25, -0.2) is 14.4 Å². The summed E-state index contributed by atoms with van der Waals surface area (Å²) in [7, 11) is 0. The second-order valence-corrected chi connectivity index (χ2v) is 6.60. The van der Waals surface area contributed by atoms with Crippen LogP contribution in [0.25, 0.3) is 0 Å². The Morgan fingerprint density at radius 1 is 1.36 bits per heavy atom. The van der Waals surface area contributed by atoms with Gasteiger partial charge in [-0.2, -0.15) is 5.10 Å². The number of guanidine groups is 1. The van der Waals surface area contributed by atoms with Gasteiger partial charge in [0.05, 0.1) is 16.2 Å². The molecule has 2 aliphatic rings. The molecule has 0 radical (unpaired) electrons. The zero-order valence-corrected chi connectivity index (χ0v) is 16.6. The van der Waals surface area contributed by atoms with E-state index in [9.17, 15) is 4.39 Å². The van der Waals surface area contributed by atoms with E-state index in [2.05, 4.69) is 42.8 Å². The molecule has 0 bridgehead atoms. The van der Waals surface area contributed by atoms with Gasteiger partial charge in [0.2, 0.25) is 5.96 Å². The summed E-state index contributed by atoms with van der Waals surface area (Å²) in [4.78, 5) is 6.88. The van der Waals surface area contributed by atoms with Crippen molar-refractivity contribution in [3.8, 4) is 0 Å². The molecule has 0 saturated carbocycles. The van der Waals surface area contributed by atoms with Crippen LogP contribution in [0.5, 0.6) is 0 Å². The van der Waals surface area contributed by atoms with E-state index in [0.29, 0.717) is 15.7 Å². The summed E-state index contributed by atoms with van der Waals surface area (Å²) in [6, 6.07) is 3.36. The fraction of sp³-hybridized carbons (Fsp3) is 0.444. The Kier molecular flexibility index (Phi) is 7.13. The van der Waals surface area contributed by atoms with Crippen LogP contribution in [0, 0.1) is 5.82 Å². The quantitative estimate of drug-likeness (QED) is 0.561. The number of rotatable bonds is 1. The van der Waals surface area contributed by atoms with Crippen LogP contribution in [0.1, 0.15) is 32.4 Å². The number of halogens is 2. The summed E-state index contributed by atoms with van der Waals surface area (Å²) < 4.78 is 15.0. The van der Waals surface area contributed by atoms with Gasteiger partial charge >= 0.3 is 0 Å². The molecule has 25 heavy (non-hydrogen) atoms. The minimum Gasteiger partial charge on any atom is -0.338 e.